The largest absolute Gasteiger partial charge is 0.494 e. The fourth-order valence-electron chi connectivity index (χ4n) is 4.86. The number of carbonyl (C=O) groups is 2. The average molecular weight is 711 g/mol. The Labute approximate surface area is 278 Å². The summed E-state index contributed by atoms with van der Waals surface area (Å²) in [5.41, 5.74) is 1.67. The second-order valence-corrected chi connectivity index (χ2v) is 13.7. The lowest BCUT2D eigenvalue weighted by molar-refractivity contribution is -0.140. The van der Waals surface area contributed by atoms with Gasteiger partial charge in [0.15, 0.2) is 0 Å². The summed E-state index contributed by atoms with van der Waals surface area (Å²) in [6, 6.07) is 26.2. The monoisotopic (exact) mass is 709 g/mol. The van der Waals surface area contributed by atoms with Gasteiger partial charge in [-0.15, -0.1) is 0 Å². The van der Waals surface area contributed by atoms with Gasteiger partial charge in [0, 0.05) is 23.5 Å². The molecule has 0 aromatic heterocycles. The van der Waals surface area contributed by atoms with Crippen molar-refractivity contribution >= 4 is 43.5 Å². The van der Waals surface area contributed by atoms with Crippen LogP contribution in [0.25, 0.3) is 0 Å². The Morgan fingerprint density at radius 2 is 1.50 bits per heavy atom. The summed E-state index contributed by atoms with van der Waals surface area (Å²) in [7, 11) is -4.33. The van der Waals surface area contributed by atoms with Crippen LogP contribution in [0.1, 0.15) is 31.9 Å². The molecule has 2 amide bonds. The van der Waals surface area contributed by atoms with Crippen LogP contribution in [0.15, 0.2) is 112 Å². The van der Waals surface area contributed by atoms with Crippen LogP contribution in [0.3, 0.4) is 0 Å². The molecule has 0 saturated carbocycles. The molecule has 0 bridgehead atoms. The van der Waals surface area contributed by atoms with Crippen LogP contribution in [-0.4, -0.2) is 50.4 Å². The molecule has 0 radical (unpaired) electrons. The third-order valence-electron chi connectivity index (χ3n) is 7.08. The zero-order valence-corrected chi connectivity index (χ0v) is 28.3. The molecule has 11 heteroatoms. The van der Waals surface area contributed by atoms with Gasteiger partial charge in [-0.3, -0.25) is 13.9 Å². The molecule has 46 heavy (non-hydrogen) atoms. The maximum atomic E-state index is 14.4. The van der Waals surface area contributed by atoms with E-state index in [2.05, 4.69) is 21.2 Å². The molecule has 4 aromatic rings. The van der Waals surface area contributed by atoms with Gasteiger partial charge in [0.05, 0.1) is 17.2 Å². The highest BCUT2D eigenvalue weighted by Crippen LogP contribution is 2.27. The summed E-state index contributed by atoms with van der Waals surface area (Å²) < 4.78 is 49.4. The number of anilines is 1. The predicted molar refractivity (Wildman–Crippen MR) is 180 cm³/mol. The standard InChI is InChI=1S/C35H37BrFN3O5S/c1-4-45-31-18-20-32(21-19-31)46(43,44)40(30-16-14-29(37)15-17-30)24-34(41)39(23-27-10-12-28(36)13-11-27)33(35(42)38-25(2)3)22-26-8-6-5-7-9-26/h5-21,25,33H,4,22-24H2,1-3H3,(H,38,42)/t33-/m0/s1. The first-order valence-corrected chi connectivity index (χ1v) is 17.1. The van der Waals surface area contributed by atoms with E-state index in [0.29, 0.717) is 12.4 Å². The number of rotatable bonds is 14. The Balaban J connectivity index is 1.79. The molecule has 0 aliphatic carbocycles. The van der Waals surface area contributed by atoms with Crippen molar-refractivity contribution in [1.82, 2.24) is 10.2 Å². The number of amides is 2. The fourth-order valence-corrected chi connectivity index (χ4v) is 6.54. The van der Waals surface area contributed by atoms with E-state index in [0.717, 1.165) is 32.0 Å². The second kappa shape index (κ2) is 15.9. The molecular weight excluding hydrogens is 673 g/mol. The van der Waals surface area contributed by atoms with Gasteiger partial charge in [-0.1, -0.05) is 58.4 Å². The molecule has 8 nitrogen and oxygen atoms in total. The minimum absolute atomic E-state index is 0.0372. The van der Waals surface area contributed by atoms with Gasteiger partial charge in [0.25, 0.3) is 10.0 Å². The molecule has 4 rings (SSSR count). The zero-order chi connectivity index (χ0) is 33.3. The topological polar surface area (TPSA) is 96.0 Å². The Hall–Kier alpha value is -4.22. The van der Waals surface area contributed by atoms with Crippen LogP contribution in [0.2, 0.25) is 0 Å². The average Bonchev–Trinajstić information content (AvgIpc) is 3.03. The van der Waals surface area contributed by atoms with E-state index in [-0.39, 0.29) is 35.5 Å². The van der Waals surface area contributed by atoms with Crippen molar-refractivity contribution in [3.05, 3.63) is 125 Å². The molecule has 0 heterocycles. The summed E-state index contributed by atoms with van der Waals surface area (Å²) in [6.07, 6.45) is 0.198. The molecule has 0 aliphatic rings. The number of benzene rings is 4. The lowest BCUT2D eigenvalue weighted by atomic mass is 10.0. The van der Waals surface area contributed by atoms with E-state index in [1.807, 2.05) is 75.4 Å². The minimum Gasteiger partial charge on any atom is -0.494 e. The minimum atomic E-state index is -4.33. The molecule has 1 atom stereocenters. The fraction of sp³-hybridized carbons (Fsp3) is 0.257. The van der Waals surface area contributed by atoms with Gasteiger partial charge >= 0.3 is 0 Å². The third-order valence-corrected chi connectivity index (χ3v) is 9.40. The van der Waals surface area contributed by atoms with Gasteiger partial charge < -0.3 is 15.0 Å². The highest BCUT2D eigenvalue weighted by Gasteiger charge is 2.35. The first kappa shape index (κ1) is 34.6. The van der Waals surface area contributed by atoms with Crippen molar-refractivity contribution in [1.29, 1.82) is 0 Å². The maximum absolute atomic E-state index is 14.4. The summed E-state index contributed by atoms with van der Waals surface area (Å²) in [4.78, 5) is 29.5. The van der Waals surface area contributed by atoms with E-state index in [4.69, 9.17) is 4.74 Å². The van der Waals surface area contributed by atoms with Gasteiger partial charge in [0.1, 0.15) is 24.2 Å². The molecule has 0 aliphatic heterocycles. The molecule has 4 aromatic carbocycles. The molecule has 0 saturated heterocycles. The number of hydrogen-bond acceptors (Lipinski definition) is 5. The number of nitrogens with one attached hydrogen (secondary N) is 1. The van der Waals surface area contributed by atoms with Gasteiger partial charge in [0.2, 0.25) is 11.8 Å². The third kappa shape index (κ3) is 9.17. The van der Waals surface area contributed by atoms with E-state index < -0.39 is 34.3 Å². The van der Waals surface area contributed by atoms with E-state index >= 15 is 0 Å². The summed E-state index contributed by atoms with van der Waals surface area (Å²) in [6.45, 7) is 5.29. The van der Waals surface area contributed by atoms with Crippen molar-refractivity contribution in [2.75, 3.05) is 17.5 Å². The molecule has 242 valence electrons. The number of carbonyl (C=O) groups excluding carboxylic acids is 2. The van der Waals surface area contributed by atoms with Crippen molar-refractivity contribution in [2.45, 2.75) is 50.7 Å². The number of halogens is 2. The first-order chi connectivity index (χ1) is 22.0. The Bertz CT molecular complexity index is 1700. The molecule has 1 N–H and O–H groups in total. The molecule has 0 fully saturated rings. The van der Waals surface area contributed by atoms with Crippen LogP contribution < -0.4 is 14.4 Å². The predicted octanol–water partition coefficient (Wildman–Crippen LogP) is 6.35. The maximum Gasteiger partial charge on any atom is 0.264 e. The van der Waals surface area contributed by atoms with Crippen LogP contribution in [-0.2, 0) is 32.6 Å². The smallest absolute Gasteiger partial charge is 0.264 e. The Kier molecular flexibility index (Phi) is 11.9. The highest BCUT2D eigenvalue weighted by molar-refractivity contribution is 9.10. The summed E-state index contributed by atoms with van der Waals surface area (Å²) in [5.74, 6) is -1.04. The summed E-state index contributed by atoms with van der Waals surface area (Å²) in [5, 5.41) is 2.93. The Morgan fingerprint density at radius 1 is 0.870 bits per heavy atom. The van der Waals surface area contributed by atoms with Crippen molar-refractivity contribution in [3.63, 3.8) is 0 Å². The van der Waals surface area contributed by atoms with Crippen molar-refractivity contribution in [3.8, 4) is 5.75 Å². The van der Waals surface area contributed by atoms with Gasteiger partial charge in [-0.25, -0.2) is 12.8 Å². The molecule has 0 unspecified atom stereocenters. The van der Waals surface area contributed by atoms with Crippen LogP contribution in [0.4, 0.5) is 10.1 Å². The number of hydrogen-bond donors (Lipinski definition) is 1. The van der Waals surface area contributed by atoms with E-state index in [1.165, 1.54) is 41.3 Å². The normalized spacial score (nSPS) is 12.0. The number of ether oxygens (including phenoxy) is 1. The van der Waals surface area contributed by atoms with E-state index in [9.17, 15) is 22.4 Å². The van der Waals surface area contributed by atoms with Gasteiger partial charge in [-0.2, -0.15) is 0 Å². The Morgan fingerprint density at radius 3 is 2.09 bits per heavy atom. The van der Waals surface area contributed by atoms with E-state index in [1.54, 1.807) is 0 Å². The SMILES string of the molecule is CCOc1ccc(S(=O)(=O)N(CC(=O)N(Cc2ccc(Br)cc2)[C@@H](Cc2ccccc2)C(=O)NC(C)C)c2ccc(F)cc2)cc1. The van der Waals surface area contributed by atoms with Crippen molar-refractivity contribution in [2.24, 2.45) is 0 Å². The highest BCUT2D eigenvalue weighted by atomic mass is 79.9. The first-order valence-electron chi connectivity index (χ1n) is 14.9. The van der Waals surface area contributed by atoms with Gasteiger partial charge in [-0.05, 0) is 92.6 Å². The lowest BCUT2D eigenvalue weighted by Gasteiger charge is -2.34. The number of nitrogens with zero attached hydrogens (tertiary/aromatic N) is 2. The molecule has 0 spiro atoms. The van der Waals surface area contributed by atoms with Crippen LogP contribution in [0.5, 0.6) is 5.75 Å². The quantitative estimate of drug-likeness (QED) is 0.165. The molecular formula is C35H37BrFN3O5S. The lowest BCUT2D eigenvalue weighted by Crippen LogP contribution is -2.54. The second-order valence-electron chi connectivity index (χ2n) is 10.9. The van der Waals surface area contributed by atoms with Crippen molar-refractivity contribution < 1.29 is 27.1 Å². The van der Waals surface area contributed by atoms with Crippen LogP contribution in [0, 0.1) is 5.82 Å². The van der Waals surface area contributed by atoms with Crippen LogP contribution >= 0.6 is 15.9 Å². The zero-order valence-electron chi connectivity index (χ0n) is 25.9. The summed E-state index contributed by atoms with van der Waals surface area (Å²) >= 11 is 3.43. The number of sulfonamides is 1.